The molecule has 0 aliphatic heterocycles. The predicted molar refractivity (Wildman–Crippen MR) is 75.7 cm³/mol. The topological polar surface area (TPSA) is 0 Å². The van der Waals surface area contributed by atoms with Crippen LogP contribution in [0.2, 0.25) is 3.43 Å². The summed E-state index contributed by atoms with van der Waals surface area (Å²) >= 11 is 1.57. The third kappa shape index (κ3) is 2.32. The van der Waals surface area contributed by atoms with Gasteiger partial charge in [-0.2, -0.15) is 0 Å². The molecule has 0 spiro atoms. The van der Waals surface area contributed by atoms with Gasteiger partial charge in [0.25, 0.3) is 0 Å². The van der Waals surface area contributed by atoms with E-state index in [0.717, 1.165) is 21.2 Å². The average molecular weight is 339 g/mol. The molecule has 0 aromatic carbocycles. The van der Waals surface area contributed by atoms with E-state index in [1.807, 2.05) is 0 Å². The van der Waals surface area contributed by atoms with Gasteiger partial charge in [0.1, 0.15) is 0 Å². The average Bonchev–Trinajstić information content (AvgIpc) is 3.10. The summed E-state index contributed by atoms with van der Waals surface area (Å²) in [5.41, 5.74) is 0. The summed E-state index contributed by atoms with van der Waals surface area (Å²) in [6.07, 6.45) is 18.8. The van der Waals surface area contributed by atoms with Crippen LogP contribution in [0.4, 0.5) is 0 Å². The summed E-state index contributed by atoms with van der Waals surface area (Å²) < 4.78 is 0.870. The van der Waals surface area contributed by atoms with E-state index in [2.05, 4.69) is 0 Å². The van der Waals surface area contributed by atoms with Crippen LogP contribution in [0.25, 0.3) is 0 Å². The molecule has 3 aliphatic carbocycles. The predicted octanol–water partition coefficient (Wildman–Crippen LogP) is 4.62. The van der Waals surface area contributed by atoms with Gasteiger partial charge in [-0.3, -0.25) is 0 Å². The molecule has 0 aromatic rings. The van der Waals surface area contributed by atoms with Crippen LogP contribution in [0.15, 0.2) is 0 Å². The summed E-state index contributed by atoms with van der Waals surface area (Å²) in [7, 11) is 0. The normalized spacial score (nSPS) is 29.5. The molecule has 0 unspecified atom stereocenters. The minimum atomic E-state index is 0.870. The van der Waals surface area contributed by atoms with Gasteiger partial charge in [-0.05, 0) is 0 Å². The Kier molecular flexibility index (Phi) is 4.09. The molecule has 0 nitrogen and oxygen atoms in total. The first-order valence-corrected chi connectivity index (χ1v) is 9.75. The van der Waals surface area contributed by atoms with E-state index in [-0.39, 0.29) is 0 Å². The number of rotatable bonds is 3. The summed E-state index contributed by atoms with van der Waals surface area (Å²) in [6, 6.07) is 0. The molecule has 2 radical (unpaired) electrons. The van der Waals surface area contributed by atoms with Crippen molar-refractivity contribution in [2.24, 2.45) is 17.8 Å². The summed E-state index contributed by atoms with van der Waals surface area (Å²) in [6.45, 7) is 0. The van der Waals surface area contributed by atoms with Crippen molar-refractivity contribution >= 4 is 22.5 Å². The molecule has 17 heavy (non-hydrogen) atoms. The third-order valence-electron chi connectivity index (χ3n) is 6.19. The fourth-order valence-corrected chi connectivity index (χ4v) is 8.13. The molecule has 3 rings (SSSR count). The monoisotopic (exact) mass is 340 g/mol. The Hall–Kier alpha value is 0.799. The molecule has 0 bridgehead atoms. The van der Waals surface area contributed by atoms with Gasteiger partial charge in [0, 0.05) is 0 Å². The van der Waals surface area contributed by atoms with Gasteiger partial charge in [0.05, 0.1) is 0 Å². The molecule has 1 heteroatoms. The Morgan fingerprint density at radius 3 is 1.00 bits per heavy atom. The zero-order valence-electron chi connectivity index (χ0n) is 11.3. The number of hydrogen-bond donors (Lipinski definition) is 0. The van der Waals surface area contributed by atoms with Crippen LogP contribution in [0, 0.1) is 17.8 Å². The van der Waals surface area contributed by atoms with Crippen LogP contribution >= 0.6 is 0 Å². The maximum absolute atomic E-state index is 1.59. The molecule has 0 atom stereocenters. The van der Waals surface area contributed by atoms with Gasteiger partial charge in [0.15, 0.2) is 0 Å². The van der Waals surface area contributed by atoms with Crippen molar-refractivity contribution < 1.29 is 0 Å². The summed E-state index contributed by atoms with van der Waals surface area (Å²) in [4.78, 5) is 0. The molecule has 3 saturated carbocycles. The summed E-state index contributed by atoms with van der Waals surface area (Å²) in [5, 5.41) is 0. The van der Waals surface area contributed by atoms with Crippen molar-refractivity contribution in [3.8, 4) is 0 Å². The van der Waals surface area contributed by atoms with Crippen molar-refractivity contribution in [2.75, 3.05) is 0 Å². The van der Waals surface area contributed by atoms with E-state index in [0.29, 0.717) is 0 Å². The second-order valence-electron chi connectivity index (χ2n) is 6.94. The van der Waals surface area contributed by atoms with E-state index in [1.54, 1.807) is 99.6 Å². The fraction of sp³-hybridized carbons (Fsp3) is 1.00. The van der Waals surface area contributed by atoms with Crippen molar-refractivity contribution in [2.45, 2.75) is 80.5 Å². The Balaban J connectivity index is 1.81. The van der Waals surface area contributed by atoms with Crippen molar-refractivity contribution in [3.05, 3.63) is 0 Å². The standard InChI is InChI=1S/C16H27.Sn.H/c1-2-8-13(7-1)16(14-9-3-4-10-14)15-11-5-6-12-15;;/h13-15H,1-12H2;;. The molecule has 3 fully saturated rings. The van der Waals surface area contributed by atoms with Crippen molar-refractivity contribution in [3.63, 3.8) is 0 Å². The maximum atomic E-state index is 1.59. The van der Waals surface area contributed by atoms with Crippen LogP contribution in [0.5, 0.6) is 0 Å². The van der Waals surface area contributed by atoms with E-state index >= 15 is 0 Å². The van der Waals surface area contributed by atoms with Gasteiger partial charge < -0.3 is 0 Å². The Morgan fingerprint density at radius 1 is 0.529 bits per heavy atom. The fourth-order valence-electron chi connectivity index (χ4n) is 5.28. The first kappa shape index (κ1) is 12.8. The summed E-state index contributed by atoms with van der Waals surface area (Å²) in [5.74, 6) is 3.45. The van der Waals surface area contributed by atoms with Gasteiger partial charge in [-0.1, -0.05) is 0 Å². The second-order valence-corrected chi connectivity index (χ2v) is 9.80. The number of hydrogen-bond acceptors (Lipinski definition) is 0. The van der Waals surface area contributed by atoms with Gasteiger partial charge >= 0.3 is 121 Å². The van der Waals surface area contributed by atoms with Crippen LogP contribution in [0.3, 0.4) is 0 Å². The molecule has 0 amide bonds. The van der Waals surface area contributed by atoms with Crippen molar-refractivity contribution in [1.82, 2.24) is 0 Å². The zero-order valence-corrected chi connectivity index (χ0v) is 14.6. The quantitative estimate of drug-likeness (QED) is 0.659. The van der Waals surface area contributed by atoms with E-state index < -0.39 is 0 Å². The Morgan fingerprint density at radius 2 is 0.765 bits per heavy atom. The molecule has 0 aromatic heterocycles. The minimum absolute atomic E-state index is 0.870. The van der Waals surface area contributed by atoms with Crippen LogP contribution in [0.1, 0.15) is 77.0 Å². The van der Waals surface area contributed by atoms with Gasteiger partial charge in [-0.25, -0.2) is 0 Å². The Bertz CT molecular complexity index is 201. The molecule has 3 aliphatic rings. The first-order chi connectivity index (χ1) is 8.32. The SMILES string of the molecule is [SnH][C](C1CCCC1)(C1CCCC1)C1CCCC1. The molecule has 0 saturated heterocycles. The van der Waals surface area contributed by atoms with Gasteiger partial charge in [0.2, 0.25) is 0 Å². The first-order valence-electron chi connectivity index (χ1n) is 8.10. The van der Waals surface area contributed by atoms with Crippen LogP contribution in [-0.2, 0) is 0 Å². The van der Waals surface area contributed by atoms with Crippen LogP contribution < -0.4 is 0 Å². The van der Waals surface area contributed by atoms with E-state index in [1.165, 1.54) is 0 Å². The Labute approximate surface area is 120 Å². The molecular weight excluding hydrogens is 311 g/mol. The van der Waals surface area contributed by atoms with E-state index in [9.17, 15) is 0 Å². The molecule has 0 N–H and O–H groups in total. The van der Waals surface area contributed by atoms with Gasteiger partial charge in [-0.15, -0.1) is 0 Å². The third-order valence-corrected chi connectivity index (χ3v) is 10.2. The van der Waals surface area contributed by atoms with Crippen LogP contribution in [-0.4, -0.2) is 22.5 Å². The molecule has 96 valence electrons. The van der Waals surface area contributed by atoms with E-state index in [4.69, 9.17) is 0 Å². The zero-order chi connectivity index (χ0) is 11.7. The molecule has 0 heterocycles. The molecular formula is C16H28Sn. The second kappa shape index (κ2) is 5.43. The van der Waals surface area contributed by atoms with Crippen molar-refractivity contribution in [1.29, 1.82) is 0 Å².